The van der Waals surface area contributed by atoms with E-state index >= 15 is 0 Å². The average molecular weight is 571 g/mol. The fourth-order valence-electron chi connectivity index (χ4n) is 4.57. The standard InChI is InChI=1S/C26H28F2N8O3S/c1-15(36-11-9-35(2)10-12-36)25(37)34-24-23-16(7-8-29-24)17(13-30-23)22-18(27)14-31-26(33-22)32-19-5-4-6-20(21(19)28)40(3,38)39/h4-8,13-15,30H,9-12H2,1-3H3,(H,29,34,37)(H,31,32,33)/t15-/m1/s1. The van der Waals surface area contributed by atoms with Crippen LogP contribution in [0.5, 0.6) is 0 Å². The fourth-order valence-corrected chi connectivity index (χ4v) is 5.33. The van der Waals surface area contributed by atoms with E-state index < -0.39 is 26.4 Å². The molecule has 5 rings (SSSR count). The number of H-pyrrole nitrogens is 1. The minimum atomic E-state index is -3.81. The fraction of sp³-hybridized carbons (Fsp3) is 0.308. The Bertz CT molecular complexity index is 1690. The van der Waals surface area contributed by atoms with E-state index in [1.807, 2.05) is 14.0 Å². The van der Waals surface area contributed by atoms with E-state index in [1.165, 1.54) is 24.5 Å². The van der Waals surface area contributed by atoms with Gasteiger partial charge in [0.05, 0.1) is 23.4 Å². The van der Waals surface area contributed by atoms with Crippen LogP contribution in [0.25, 0.3) is 22.2 Å². The Balaban J connectivity index is 1.42. The number of sulfone groups is 1. The highest BCUT2D eigenvalue weighted by molar-refractivity contribution is 7.90. The number of aromatic nitrogens is 4. The molecule has 0 saturated carbocycles. The third kappa shape index (κ3) is 5.50. The van der Waals surface area contributed by atoms with Crippen molar-refractivity contribution in [1.82, 2.24) is 29.7 Å². The molecular weight excluding hydrogens is 542 g/mol. The Labute approximate surface area is 229 Å². The van der Waals surface area contributed by atoms with Crippen molar-refractivity contribution in [2.75, 3.05) is 50.1 Å². The number of likely N-dealkylation sites (N-methyl/N-ethyl adjacent to an activating group) is 1. The molecule has 1 atom stereocenters. The number of amides is 1. The second kappa shape index (κ2) is 10.9. The lowest BCUT2D eigenvalue weighted by molar-refractivity contribution is -0.121. The summed E-state index contributed by atoms with van der Waals surface area (Å²) in [4.78, 5) is 32.3. The summed E-state index contributed by atoms with van der Waals surface area (Å²) in [5.74, 6) is -1.79. The Hall–Kier alpha value is -4.01. The summed E-state index contributed by atoms with van der Waals surface area (Å²) in [7, 11) is -1.76. The van der Waals surface area contributed by atoms with Crippen LogP contribution in [0.3, 0.4) is 0 Å². The molecule has 14 heteroatoms. The average Bonchev–Trinajstić information content (AvgIpc) is 3.35. The molecule has 1 fully saturated rings. The second-order valence-electron chi connectivity index (χ2n) is 9.69. The van der Waals surface area contributed by atoms with Gasteiger partial charge in [0.25, 0.3) is 0 Å². The van der Waals surface area contributed by atoms with Gasteiger partial charge in [-0.05, 0) is 32.2 Å². The lowest BCUT2D eigenvalue weighted by Crippen LogP contribution is -2.51. The highest BCUT2D eigenvalue weighted by atomic mass is 32.2. The quantitative estimate of drug-likeness (QED) is 0.306. The summed E-state index contributed by atoms with van der Waals surface area (Å²) in [6.45, 7) is 5.16. The van der Waals surface area contributed by atoms with Crippen molar-refractivity contribution in [3.05, 3.63) is 54.5 Å². The molecule has 0 bridgehead atoms. The van der Waals surface area contributed by atoms with E-state index in [1.54, 1.807) is 6.07 Å². The molecule has 3 N–H and O–H groups in total. The van der Waals surface area contributed by atoms with Crippen LogP contribution in [0, 0.1) is 11.6 Å². The van der Waals surface area contributed by atoms with Crippen LogP contribution in [-0.2, 0) is 14.6 Å². The third-order valence-electron chi connectivity index (χ3n) is 6.92. The Kier molecular flexibility index (Phi) is 7.49. The van der Waals surface area contributed by atoms with Crippen LogP contribution in [0.1, 0.15) is 6.92 Å². The number of anilines is 3. The van der Waals surface area contributed by atoms with Crippen LogP contribution in [-0.4, -0.2) is 89.6 Å². The Morgan fingerprint density at radius 1 is 1.12 bits per heavy atom. The zero-order chi connectivity index (χ0) is 28.6. The first-order valence-electron chi connectivity index (χ1n) is 12.5. The molecular formula is C26H28F2N8O3S. The topological polar surface area (TPSA) is 136 Å². The minimum absolute atomic E-state index is 0.0855. The number of carbonyl (C=O) groups excluding carboxylic acids is 1. The molecule has 3 aromatic heterocycles. The van der Waals surface area contributed by atoms with E-state index in [0.29, 0.717) is 22.3 Å². The summed E-state index contributed by atoms with van der Waals surface area (Å²) in [5.41, 5.74) is 0.588. The summed E-state index contributed by atoms with van der Waals surface area (Å²) in [6, 6.07) is 5.14. The highest BCUT2D eigenvalue weighted by Crippen LogP contribution is 2.33. The molecule has 1 aliphatic heterocycles. The maximum Gasteiger partial charge on any atom is 0.242 e. The van der Waals surface area contributed by atoms with Crippen LogP contribution < -0.4 is 10.6 Å². The molecule has 4 heterocycles. The third-order valence-corrected chi connectivity index (χ3v) is 8.03. The predicted octanol–water partition coefficient (Wildman–Crippen LogP) is 3.02. The van der Waals surface area contributed by atoms with E-state index in [9.17, 15) is 22.0 Å². The number of aromatic amines is 1. The molecule has 0 spiro atoms. The first-order chi connectivity index (χ1) is 19.0. The van der Waals surface area contributed by atoms with Gasteiger partial charge >= 0.3 is 0 Å². The van der Waals surface area contributed by atoms with Crippen molar-refractivity contribution in [3.63, 3.8) is 0 Å². The highest BCUT2D eigenvalue weighted by Gasteiger charge is 2.26. The summed E-state index contributed by atoms with van der Waals surface area (Å²) in [5, 5.41) is 6.05. The molecule has 1 aromatic carbocycles. The van der Waals surface area contributed by atoms with E-state index in [0.717, 1.165) is 44.7 Å². The van der Waals surface area contributed by atoms with Crippen molar-refractivity contribution in [3.8, 4) is 11.3 Å². The first-order valence-corrected chi connectivity index (χ1v) is 14.4. The molecule has 40 heavy (non-hydrogen) atoms. The monoisotopic (exact) mass is 570 g/mol. The molecule has 0 aliphatic carbocycles. The second-order valence-corrected chi connectivity index (χ2v) is 11.7. The lowest BCUT2D eigenvalue weighted by Gasteiger charge is -2.35. The van der Waals surface area contributed by atoms with Gasteiger partial charge in [-0.1, -0.05) is 6.07 Å². The number of fused-ring (bicyclic) bond motifs is 1. The van der Waals surface area contributed by atoms with Gasteiger partial charge in [0.15, 0.2) is 27.3 Å². The van der Waals surface area contributed by atoms with Gasteiger partial charge in [0.2, 0.25) is 11.9 Å². The molecule has 0 radical (unpaired) electrons. The SMILES string of the molecule is C[C@H](C(=O)Nc1nccc2c(-c3nc(Nc4cccc(S(C)(=O)=O)c4F)ncc3F)c[nH]c12)N1CCN(C)CC1. The van der Waals surface area contributed by atoms with E-state index in [-0.39, 0.29) is 29.3 Å². The van der Waals surface area contributed by atoms with E-state index in [4.69, 9.17) is 0 Å². The number of rotatable bonds is 7. The molecule has 1 amide bonds. The summed E-state index contributed by atoms with van der Waals surface area (Å²) < 4.78 is 53.5. The minimum Gasteiger partial charge on any atom is -0.357 e. The van der Waals surface area contributed by atoms with Gasteiger partial charge in [-0.3, -0.25) is 9.69 Å². The summed E-state index contributed by atoms with van der Waals surface area (Å²) >= 11 is 0. The van der Waals surface area contributed by atoms with Crippen LogP contribution in [0.4, 0.5) is 26.2 Å². The molecule has 4 aromatic rings. The van der Waals surface area contributed by atoms with Gasteiger partial charge in [-0.15, -0.1) is 0 Å². The molecule has 11 nitrogen and oxygen atoms in total. The van der Waals surface area contributed by atoms with Crippen molar-refractivity contribution >= 4 is 44.1 Å². The van der Waals surface area contributed by atoms with E-state index in [2.05, 4.69) is 40.4 Å². The largest absolute Gasteiger partial charge is 0.357 e. The van der Waals surface area contributed by atoms with Gasteiger partial charge < -0.3 is 20.5 Å². The Morgan fingerprint density at radius 2 is 1.88 bits per heavy atom. The summed E-state index contributed by atoms with van der Waals surface area (Å²) in [6.07, 6.45) is 4.87. The van der Waals surface area contributed by atoms with Crippen molar-refractivity contribution in [2.45, 2.75) is 17.9 Å². The van der Waals surface area contributed by atoms with Gasteiger partial charge in [-0.2, -0.15) is 0 Å². The van der Waals surface area contributed by atoms with Gasteiger partial charge in [0.1, 0.15) is 10.6 Å². The number of piperazine rings is 1. The molecule has 1 saturated heterocycles. The first kappa shape index (κ1) is 27.6. The number of halogens is 2. The molecule has 0 unspecified atom stereocenters. The van der Waals surface area contributed by atoms with Crippen molar-refractivity contribution < 1.29 is 22.0 Å². The van der Waals surface area contributed by atoms with Crippen LogP contribution >= 0.6 is 0 Å². The number of nitrogens with one attached hydrogen (secondary N) is 3. The number of hydrogen-bond acceptors (Lipinski definition) is 9. The molecule has 1 aliphatic rings. The number of hydrogen-bond donors (Lipinski definition) is 3. The zero-order valence-corrected chi connectivity index (χ0v) is 22.9. The van der Waals surface area contributed by atoms with Crippen molar-refractivity contribution in [1.29, 1.82) is 0 Å². The predicted molar refractivity (Wildman–Crippen MR) is 147 cm³/mol. The molecule has 210 valence electrons. The number of pyridine rings is 1. The lowest BCUT2D eigenvalue weighted by atomic mass is 10.1. The zero-order valence-electron chi connectivity index (χ0n) is 22.1. The maximum atomic E-state index is 14.9. The number of benzene rings is 1. The number of carbonyl (C=O) groups is 1. The van der Waals surface area contributed by atoms with Crippen LogP contribution in [0.2, 0.25) is 0 Å². The van der Waals surface area contributed by atoms with Gasteiger partial charge in [-0.25, -0.2) is 32.2 Å². The van der Waals surface area contributed by atoms with Crippen LogP contribution in [0.15, 0.2) is 47.8 Å². The van der Waals surface area contributed by atoms with Gasteiger partial charge in [0, 0.05) is 55.8 Å². The maximum absolute atomic E-state index is 14.9. The Morgan fingerprint density at radius 3 is 2.60 bits per heavy atom. The van der Waals surface area contributed by atoms with Crippen molar-refractivity contribution in [2.24, 2.45) is 0 Å². The smallest absolute Gasteiger partial charge is 0.242 e. The normalized spacial score (nSPS) is 15.7. The number of nitrogens with zero attached hydrogens (tertiary/aromatic N) is 5.